The fourth-order valence-corrected chi connectivity index (χ4v) is 2.50. The van der Waals surface area contributed by atoms with Crippen LogP contribution >= 0.6 is 0 Å². The maximum Gasteiger partial charge on any atom is 0.135 e. The molecule has 0 aliphatic carbocycles. The number of ether oxygens (including phenoxy) is 1. The van der Waals surface area contributed by atoms with Crippen LogP contribution in [0.3, 0.4) is 0 Å². The highest BCUT2D eigenvalue weighted by molar-refractivity contribution is 5.49. The summed E-state index contributed by atoms with van der Waals surface area (Å²) in [7, 11) is 0. The van der Waals surface area contributed by atoms with Gasteiger partial charge in [-0.3, -0.25) is 0 Å². The fourth-order valence-electron chi connectivity index (χ4n) is 2.50. The first kappa shape index (κ1) is 10.9. The summed E-state index contributed by atoms with van der Waals surface area (Å²) in [5, 5.41) is 3.41. The Morgan fingerprint density at radius 2 is 1.94 bits per heavy atom. The first-order valence-corrected chi connectivity index (χ1v) is 6.31. The SMILES string of the molecule is c1nc2c(c(N3CCOCC3)n1)CCNCC2. The van der Waals surface area contributed by atoms with Gasteiger partial charge in [-0.15, -0.1) is 0 Å². The van der Waals surface area contributed by atoms with Gasteiger partial charge >= 0.3 is 0 Å². The molecule has 1 fully saturated rings. The van der Waals surface area contributed by atoms with E-state index >= 15 is 0 Å². The second-order valence-electron chi connectivity index (χ2n) is 4.47. The van der Waals surface area contributed by atoms with E-state index in [1.54, 1.807) is 6.33 Å². The predicted molar refractivity (Wildman–Crippen MR) is 65.3 cm³/mol. The highest BCUT2D eigenvalue weighted by atomic mass is 16.5. The van der Waals surface area contributed by atoms with E-state index in [2.05, 4.69) is 20.2 Å². The average Bonchev–Trinajstić information content (AvgIpc) is 2.64. The number of nitrogens with zero attached hydrogens (tertiary/aromatic N) is 3. The molecule has 0 radical (unpaired) electrons. The predicted octanol–water partition coefficient (Wildman–Crippen LogP) is 0.00140. The lowest BCUT2D eigenvalue weighted by Gasteiger charge is -2.29. The Morgan fingerprint density at radius 3 is 2.82 bits per heavy atom. The molecule has 2 aliphatic heterocycles. The van der Waals surface area contributed by atoms with Crippen LogP contribution in [-0.4, -0.2) is 49.4 Å². The van der Waals surface area contributed by atoms with Crippen molar-refractivity contribution < 1.29 is 4.74 Å². The zero-order chi connectivity index (χ0) is 11.5. The van der Waals surface area contributed by atoms with Crippen molar-refractivity contribution in [3.8, 4) is 0 Å². The molecule has 17 heavy (non-hydrogen) atoms. The van der Waals surface area contributed by atoms with E-state index in [-0.39, 0.29) is 0 Å². The summed E-state index contributed by atoms with van der Waals surface area (Å²) in [6.07, 6.45) is 3.74. The number of rotatable bonds is 1. The topological polar surface area (TPSA) is 50.3 Å². The van der Waals surface area contributed by atoms with Gasteiger partial charge in [-0.2, -0.15) is 0 Å². The summed E-state index contributed by atoms with van der Waals surface area (Å²) in [4.78, 5) is 11.2. The summed E-state index contributed by atoms with van der Waals surface area (Å²) in [6, 6.07) is 0. The van der Waals surface area contributed by atoms with Gasteiger partial charge in [-0.25, -0.2) is 9.97 Å². The molecule has 0 spiro atoms. The van der Waals surface area contributed by atoms with E-state index in [1.165, 1.54) is 11.3 Å². The second kappa shape index (κ2) is 4.98. The molecule has 0 atom stereocenters. The average molecular weight is 234 g/mol. The standard InChI is InChI=1S/C12H18N4O/c1-3-13-4-2-11-10(1)12(15-9-14-11)16-5-7-17-8-6-16/h9,13H,1-8H2. The van der Waals surface area contributed by atoms with Crippen molar-refractivity contribution in [2.45, 2.75) is 12.8 Å². The van der Waals surface area contributed by atoms with Crippen LogP contribution in [0.15, 0.2) is 6.33 Å². The Kier molecular flexibility index (Phi) is 3.20. The van der Waals surface area contributed by atoms with Crippen molar-refractivity contribution in [3.63, 3.8) is 0 Å². The van der Waals surface area contributed by atoms with Gasteiger partial charge < -0.3 is 15.0 Å². The first-order chi connectivity index (χ1) is 8.45. The van der Waals surface area contributed by atoms with Crippen LogP contribution < -0.4 is 10.2 Å². The Morgan fingerprint density at radius 1 is 1.12 bits per heavy atom. The lowest BCUT2D eigenvalue weighted by Crippen LogP contribution is -2.37. The minimum Gasteiger partial charge on any atom is -0.378 e. The summed E-state index contributed by atoms with van der Waals surface area (Å²) in [5.74, 6) is 1.13. The molecule has 5 nitrogen and oxygen atoms in total. The van der Waals surface area contributed by atoms with Gasteiger partial charge in [0.2, 0.25) is 0 Å². The summed E-state index contributed by atoms with van der Waals surface area (Å²) < 4.78 is 5.39. The Hall–Kier alpha value is -1.20. The number of hydrogen-bond acceptors (Lipinski definition) is 5. The van der Waals surface area contributed by atoms with Crippen LogP contribution in [-0.2, 0) is 17.6 Å². The third kappa shape index (κ3) is 2.25. The van der Waals surface area contributed by atoms with Gasteiger partial charge in [0, 0.05) is 31.6 Å². The lowest BCUT2D eigenvalue weighted by atomic mass is 10.1. The number of hydrogen-bond donors (Lipinski definition) is 1. The van der Waals surface area contributed by atoms with Gasteiger partial charge in [0.05, 0.1) is 18.9 Å². The molecule has 1 N–H and O–H groups in total. The molecule has 3 rings (SSSR count). The third-order valence-corrected chi connectivity index (χ3v) is 3.41. The molecule has 1 aromatic rings. The first-order valence-electron chi connectivity index (χ1n) is 6.31. The molecule has 0 aromatic carbocycles. The van der Waals surface area contributed by atoms with E-state index in [0.29, 0.717) is 0 Å². The minimum atomic E-state index is 0.803. The van der Waals surface area contributed by atoms with Crippen molar-refractivity contribution >= 4 is 5.82 Å². The molecular weight excluding hydrogens is 216 g/mol. The van der Waals surface area contributed by atoms with Crippen molar-refractivity contribution in [3.05, 3.63) is 17.6 Å². The number of nitrogens with one attached hydrogen (secondary N) is 1. The molecule has 1 saturated heterocycles. The van der Waals surface area contributed by atoms with Crippen LogP contribution in [0.1, 0.15) is 11.3 Å². The summed E-state index contributed by atoms with van der Waals surface area (Å²) >= 11 is 0. The van der Waals surface area contributed by atoms with E-state index in [9.17, 15) is 0 Å². The zero-order valence-electron chi connectivity index (χ0n) is 9.98. The van der Waals surface area contributed by atoms with Crippen molar-refractivity contribution in [1.82, 2.24) is 15.3 Å². The van der Waals surface area contributed by atoms with Crippen LogP contribution in [0.25, 0.3) is 0 Å². The second-order valence-corrected chi connectivity index (χ2v) is 4.47. The number of aromatic nitrogens is 2. The van der Waals surface area contributed by atoms with E-state index in [0.717, 1.165) is 58.1 Å². The zero-order valence-corrected chi connectivity index (χ0v) is 9.98. The Bertz CT molecular complexity index is 390. The number of anilines is 1. The summed E-state index contributed by atoms with van der Waals surface area (Å²) in [6.45, 7) is 5.53. The summed E-state index contributed by atoms with van der Waals surface area (Å²) in [5.41, 5.74) is 2.55. The van der Waals surface area contributed by atoms with Crippen LogP contribution in [0.5, 0.6) is 0 Å². The lowest BCUT2D eigenvalue weighted by molar-refractivity contribution is 0.122. The van der Waals surface area contributed by atoms with E-state index in [4.69, 9.17) is 4.74 Å². The quantitative estimate of drug-likeness (QED) is 0.741. The highest BCUT2D eigenvalue weighted by Crippen LogP contribution is 2.22. The Balaban J connectivity index is 1.92. The minimum absolute atomic E-state index is 0.803. The van der Waals surface area contributed by atoms with E-state index < -0.39 is 0 Å². The fraction of sp³-hybridized carbons (Fsp3) is 0.667. The largest absolute Gasteiger partial charge is 0.378 e. The molecule has 5 heteroatoms. The molecule has 0 saturated carbocycles. The van der Waals surface area contributed by atoms with Gasteiger partial charge in [-0.1, -0.05) is 0 Å². The monoisotopic (exact) mass is 234 g/mol. The Labute approximate surface area is 101 Å². The molecule has 0 amide bonds. The smallest absolute Gasteiger partial charge is 0.135 e. The molecular formula is C12H18N4O. The van der Waals surface area contributed by atoms with E-state index in [1.807, 2.05) is 0 Å². The van der Waals surface area contributed by atoms with Crippen molar-refractivity contribution in [2.24, 2.45) is 0 Å². The molecule has 3 heterocycles. The molecule has 0 unspecified atom stereocenters. The van der Waals surface area contributed by atoms with Gasteiger partial charge in [0.1, 0.15) is 12.1 Å². The molecule has 2 aliphatic rings. The molecule has 92 valence electrons. The van der Waals surface area contributed by atoms with Crippen LogP contribution in [0, 0.1) is 0 Å². The van der Waals surface area contributed by atoms with Crippen LogP contribution in [0.2, 0.25) is 0 Å². The van der Waals surface area contributed by atoms with Crippen molar-refractivity contribution in [1.29, 1.82) is 0 Å². The number of fused-ring (bicyclic) bond motifs is 1. The molecule has 0 bridgehead atoms. The van der Waals surface area contributed by atoms with Gasteiger partial charge in [0.15, 0.2) is 0 Å². The van der Waals surface area contributed by atoms with Crippen molar-refractivity contribution in [2.75, 3.05) is 44.3 Å². The van der Waals surface area contributed by atoms with Crippen LogP contribution in [0.4, 0.5) is 5.82 Å². The maximum atomic E-state index is 5.39. The van der Waals surface area contributed by atoms with Gasteiger partial charge in [0.25, 0.3) is 0 Å². The molecule has 1 aromatic heterocycles. The third-order valence-electron chi connectivity index (χ3n) is 3.41. The van der Waals surface area contributed by atoms with Gasteiger partial charge in [-0.05, 0) is 13.0 Å². The normalized spacial score (nSPS) is 20.8. The number of morpholine rings is 1. The highest BCUT2D eigenvalue weighted by Gasteiger charge is 2.20. The maximum absolute atomic E-state index is 5.39.